The third-order valence-electron chi connectivity index (χ3n) is 18.2. The van der Waals surface area contributed by atoms with Gasteiger partial charge in [-0.05, 0) is 88.1 Å². The summed E-state index contributed by atoms with van der Waals surface area (Å²) in [5.74, 6) is -0.261. The van der Waals surface area contributed by atoms with Gasteiger partial charge in [-0.25, -0.2) is 29.9 Å². The molecule has 40 heteroatoms. The third kappa shape index (κ3) is 29.0. The van der Waals surface area contributed by atoms with Gasteiger partial charge in [0.1, 0.15) is 92.9 Å². The predicted octanol–water partition coefficient (Wildman–Crippen LogP) is 8.73. The first-order valence-corrected chi connectivity index (χ1v) is 40.5. The first-order valence-electron chi connectivity index (χ1n) is 38.1. The second kappa shape index (κ2) is 47.1. The van der Waals surface area contributed by atoms with E-state index in [1.165, 1.54) is 73.6 Å². The van der Waals surface area contributed by atoms with Crippen LogP contribution < -0.4 is 62.6 Å². The van der Waals surface area contributed by atoms with Crippen LogP contribution in [0.3, 0.4) is 0 Å². The van der Waals surface area contributed by atoms with E-state index >= 15 is 0 Å². The topological polar surface area (TPSA) is 465 Å². The fraction of sp³-hybridized carbons (Fsp3) is 0.418. The zero-order valence-electron chi connectivity index (χ0n) is 66.8. The number of hydrogen-bond acceptors (Lipinski definition) is 32. The summed E-state index contributed by atoms with van der Waals surface area (Å²) >= 11 is 15.0. The molecule has 4 aromatic heterocycles. The van der Waals surface area contributed by atoms with Crippen LogP contribution in [-0.4, -0.2) is 256 Å². The van der Waals surface area contributed by atoms with Crippen molar-refractivity contribution in [3.05, 3.63) is 139 Å². The van der Waals surface area contributed by atoms with Gasteiger partial charge in [-0.15, -0.1) is 0 Å². The normalized spacial score (nSPS) is 12.9. The number of piperazine rings is 2. The Morgan fingerprint density at radius 1 is 0.471 bits per heavy atom. The number of phenols is 2. The minimum absolute atomic E-state index is 0.00115. The average Bonchev–Trinajstić information content (AvgIpc) is 1.19. The Balaban J connectivity index is 0.000000271. The number of aromatic hydroxyl groups is 2. The van der Waals surface area contributed by atoms with Crippen LogP contribution in [0, 0.1) is 27.7 Å². The van der Waals surface area contributed by atoms with E-state index in [0.717, 1.165) is 81.7 Å². The van der Waals surface area contributed by atoms with Crippen LogP contribution in [0.15, 0.2) is 85.2 Å². The van der Waals surface area contributed by atoms with Crippen molar-refractivity contribution >= 4 is 149 Å². The highest BCUT2D eigenvalue weighted by Gasteiger charge is 2.26. The molecule has 0 bridgehead atoms. The molecular weight excluding hydrogens is 1620 g/mol. The molecule has 2 saturated heterocycles. The molecule has 6 amide bonds. The van der Waals surface area contributed by atoms with E-state index in [2.05, 4.69) is 81.4 Å². The second-order valence-corrected chi connectivity index (χ2v) is 29.9. The van der Waals surface area contributed by atoms with E-state index < -0.39 is 35.1 Å². The van der Waals surface area contributed by atoms with Crippen molar-refractivity contribution in [3.63, 3.8) is 0 Å². The number of aromatic nitrogens is 6. The van der Waals surface area contributed by atoms with E-state index in [4.69, 9.17) is 72.6 Å². The Kier molecular flexibility index (Phi) is 36.4. The summed E-state index contributed by atoms with van der Waals surface area (Å²) in [6.45, 7) is 17.4. The zero-order chi connectivity index (χ0) is 85.3. The number of primary amides is 2. The second-order valence-electron chi connectivity index (χ2n) is 27.0. The van der Waals surface area contributed by atoms with Gasteiger partial charge in [-0.3, -0.25) is 48.2 Å². The minimum Gasteiger partial charge on any atom is -0.505 e. The molecule has 4 aromatic carbocycles. The number of ketones is 2. The van der Waals surface area contributed by atoms with Gasteiger partial charge in [0.2, 0.25) is 11.8 Å². The molecule has 2 aliphatic rings. The van der Waals surface area contributed by atoms with E-state index in [1.807, 2.05) is 64.1 Å². The van der Waals surface area contributed by atoms with Gasteiger partial charge in [-0.2, -0.15) is 0 Å². The Hall–Kier alpha value is -10.9. The van der Waals surface area contributed by atoms with E-state index in [0.29, 0.717) is 136 Å². The summed E-state index contributed by atoms with van der Waals surface area (Å²) < 4.78 is 43.0. The molecule has 0 aliphatic carbocycles. The summed E-state index contributed by atoms with van der Waals surface area (Å²) in [6, 6.07) is 20.2. The molecule has 0 radical (unpaired) electrons. The fourth-order valence-electron chi connectivity index (χ4n) is 12.1. The number of nitrogens with zero attached hydrogens (tertiary/aromatic N) is 10. The van der Waals surface area contributed by atoms with E-state index in [1.54, 1.807) is 12.1 Å². The van der Waals surface area contributed by atoms with Crippen molar-refractivity contribution < 1.29 is 86.5 Å². The number of methoxy groups -OCH3 is 2. The number of nitrogens with one attached hydrogen (secondary N) is 6. The number of carbonyl (C=O) groups excluding carboxylic acids is 8. The van der Waals surface area contributed by atoms with Crippen molar-refractivity contribution in [2.24, 2.45) is 11.5 Å². The van der Waals surface area contributed by atoms with Crippen molar-refractivity contribution in [2.45, 2.75) is 59.8 Å². The van der Waals surface area contributed by atoms with Crippen LogP contribution in [0.4, 0.5) is 56.3 Å². The molecule has 0 saturated carbocycles. The minimum atomic E-state index is -0.902. The van der Waals surface area contributed by atoms with Crippen molar-refractivity contribution in [1.82, 2.24) is 39.7 Å². The number of nitrogens with two attached hydrogens (primary N) is 2. The lowest BCUT2D eigenvalue weighted by molar-refractivity contribution is -0.124. The van der Waals surface area contributed by atoms with Gasteiger partial charge < -0.3 is 101 Å². The number of carbonyl (C=O) groups is 8. The summed E-state index contributed by atoms with van der Waals surface area (Å²) in [4.78, 5) is 135. The monoisotopic (exact) mass is 1720 g/mol. The summed E-state index contributed by atoms with van der Waals surface area (Å²) in [5, 5.41) is 39.6. The molecule has 119 heavy (non-hydrogen) atoms. The Bertz CT molecular complexity index is 4760. The number of thiazole rings is 2. The highest BCUT2D eigenvalue weighted by Crippen LogP contribution is 2.37. The molecule has 8 aromatic rings. The van der Waals surface area contributed by atoms with Gasteiger partial charge in [-0.1, -0.05) is 70.1 Å². The van der Waals surface area contributed by atoms with Crippen LogP contribution >= 0.6 is 45.9 Å². The van der Waals surface area contributed by atoms with Crippen LogP contribution in [0.5, 0.6) is 23.0 Å². The fourth-order valence-corrected chi connectivity index (χ4v) is 14.1. The Labute approximate surface area is 705 Å². The largest absolute Gasteiger partial charge is 0.505 e. The first kappa shape index (κ1) is 92.0. The number of halogens is 2. The van der Waals surface area contributed by atoms with Crippen LogP contribution in [0.1, 0.15) is 94.9 Å². The molecule has 6 heterocycles. The number of Topliss-reactive ketones (excluding diaryl/α,β-unsaturated/α-hetero) is 2. The number of para-hydroxylation sites is 2. The number of hydrogen-bond donors (Lipinski definition) is 10. The lowest BCUT2D eigenvalue weighted by Gasteiger charge is -2.35. The summed E-state index contributed by atoms with van der Waals surface area (Å²) in [7, 11) is 2.65. The maximum Gasteiger partial charge on any atom is 0.267 e. The maximum atomic E-state index is 12.9. The summed E-state index contributed by atoms with van der Waals surface area (Å²) in [6.07, 6.45) is 5.13. The smallest absolute Gasteiger partial charge is 0.267 e. The van der Waals surface area contributed by atoms with Crippen molar-refractivity contribution in [3.8, 4) is 23.0 Å². The van der Waals surface area contributed by atoms with Crippen LogP contribution in [0.2, 0.25) is 10.0 Å². The SMILES string of the molecule is COc1ccc(NC(=O)COCCOCCCC(=O)CCOCCN2CCN(c3cc(Nc4ncc(C(=O)Nc5c(C)cccc5Cl)s4)nc(C)n3)CC2)c(O)c1C(N)=O.COc1ccc(NC(=O)COCCOCCCC(=O)COCCN2CCN(c3cc(Nc4ncc(C(=O)Nc5c(C)cccc5Cl)s4)nc(C)n3)CC2)c(O)c1C(N)=O. The predicted molar refractivity (Wildman–Crippen MR) is 452 cm³/mol. The number of benzene rings is 4. The molecule has 12 N–H and O–H groups in total. The van der Waals surface area contributed by atoms with Gasteiger partial charge in [0, 0.05) is 110 Å². The van der Waals surface area contributed by atoms with Crippen molar-refractivity contribution in [1.29, 1.82) is 0 Å². The van der Waals surface area contributed by atoms with Crippen LogP contribution in [-0.2, 0) is 47.6 Å². The molecule has 2 fully saturated rings. The molecule has 36 nitrogen and oxygen atoms in total. The molecule has 2 aliphatic heterocycles. The van der Waals surface area contributed by atoms with Gasteiger partial charge in [0.15, 0.2) is 27.5 Å². The van der Waals surface area contributed by atoms with E-state index in [9.17, 15) is 48.6 Å². The maximum absolute atomic E-state index is 12.9. The molecule has 0 spiro atoms. The third-order valence-corrected chi connectivity index (χ3v) is 20.7. The van der Waals surface area contributed by atoms with Crippen LogP contribution in [0.25, 0.3) is 0 Å². The number of anilines is 10. The first-order chi connectivity index (χ1) is 57.3. The molecular formula is C79H98Cl2N18O18S2. The number of rotatable bonds is 45. The lowest BCUT2D eigenvalue weighted by atomic mass is 10.1. The van der Waals surface area contributed by atoms with Gasteiger partial charge in [0.05, 0.1) is 106 Å². The van der Waals surface area contributed by atoms with E-state index in [-0.39, 0.29) is 104 Å². The Morgan fingerprint density at radius 2 is 0.874 bits per heavy atom. The van der Waals surface area contributed by atoms with Gasteiger partial charge >= 0.3 is 0 Å². The highest BCUT2D eigenvalue weighted by atomic mass is 35.5. The Morgan fingerprint density at radius 3 is 1.29 bits per heavy atom. The standard InChI is InChI=1S/C40H50ClN9O9S.C39H48ClN9O9S/c1-25-6-4-8-28(41)36(25)48-39(55)31-23-43-40(60-31)47-32-22-33(45-26(2)44-32)50-14-12-49(13-15-50)16-19-58-18-11-27(51)7-5-17-57-20-21-59-24-34(52)46-29-9-10-30(56-3)35(37(29)53)38(42)54;1-24-6-4-8-27(40)35(24)47-38(54)30-21-42-39(59-30)46-31-20-32(44-25(2)43-31)49-13-11-48(12-14-49)15-17-57-22-26(50)7-5-16-56-18-19-58-23-33(51)45-28-9-10-29(55-3)34(36(28)52)37(41)53/h4,6,8-10,22-23,53H,5,7,11-21,24H2,1-3H3,(H2,42,54)(H,46,52)(H,48,55)(H,43,44,45,47);4,6,8-10,20-21,52H,5,7,11-19,22-23H2,1-3H3,(H2,41,53)(H,45,51)(H,47,54)(H,42,43,44,46). The number of amides is 6. The highest BCUT2D eigenvalue weighted by molar-refractivity contribution is 7.18. The molecule has 10 rings (SSSR count). The quantitative estimate of drug-likeness (QED) is 0.0126. The van der Waals surface area contributed by atoms with Crippen molar-refractivity contribution in [2.75, 3.05) is 201 Å². The summed E-state index contributed by atoms with van der Waals surface area (Å²) in [5.41, 5.74) is 13.0. The van der Waals surface area contributed by atoms with Gasteiger partial charge in [0.25, 0.3) is 23.6 Å². The average molecular weight is 1720 g/mol. The number of aryl methyl sites for hydroxylation is 4. The molecule has 0 atom stereocenters. The zero-order valence-corrected chi connectivity index (χ0v) is 69.9. The molecule has 638 valence electrons. The molecule has 0 unspecified atom stereocenters. The number of ether oxygens (including phenoxy) is 8. The lowest BCUT2D eigenvalue weighted by Crippen LogP contribution is -2.47.